The molecule has 1 aromatic heterocycles. The first-order valence-electron chi connectivity index (χ1n) is 7.23. The number of piperidine rings is 1. The van der Waals surface area contributed by atoms with Gasteiger partial charge in [-0.2, -0.15) is 0 Å². The fourth-order valence-corrected chi connectivity index (χ4v) is 3.32. The second kappa shape index (κ2) is 5.00. The number of hydrogen-bond donors (Lipinski definition) is 2. The average molecular weight is 262 g/mol. The zero-order valence-electron chi connectivity index (χ0n) is 11.4. The quantitative estimate of drug-likeness (QED) is 0.868. The van der Waals surface area contributed by atoms with E-state index in [1.807, 2.05) is 19.1 Å². The SMILES string of the molecule is CC(Cc1ccco1)NC(=O)C1CC12CCNCC2. The van der Waals surface area contributed by atoms with Gasteiger partial charge in [-0.05, 0) is 56.8 Å². The van der Waals surface area contributed by atoms with Gasteiger partial charge in [0.1, 0.15) is 5.76 Å². The van der Waals surface area contributed by atoms with Crippen LogP contribution >= 0.6 is 0 Å². The summed E-state index contributed by atoms with van der Waals surface area (Å²) in [5, 5.41) is 6.50. The molecule has 2 N–H and O–H groups in total. The first-order valence-corrected chi connectivity index (χ1v) is 7.23. The molecular formula is C15H22N2O2. The summed E-state index contributed by atoms with van der Waals surface area (Å²) in [6.07, 6.45) is 5.82. The van der Waals surface area contributed by atoms with Gasteiger partial charge in [-0.25, -0.2) is 0 Å². The van der Waals surface area contributed by atoms with Gasteiger partial charge < -0.3 is 15.1 Å². The summed E-state index contributed by atoms with van der Waals surface area (Å²) in [6.45, 7) is 4.16. The van der Waals surface area contributed by atoms with Crippen LogP contribution in [0.4, 0.5) is 0 Å². The van der Waals surface area contributed by atoms with Gasteiger partial charge in [-0.15, -0.1) is 0 Å². The molecule has 2 fully saturated rings. The van der Waals surface area contributed by atoms with Gasteiger partial charge in [0.15, 0.2) is 0 Å². The first kappa shape index (κ1) is 12.7. The van der Waals surface area contributed by atoms with Gasteiger partial charge in [0.05, 0.1) is 6.26 Å². The summed E-state index contributed by atoms with van der Waals surface area (Å²) in [6, 6.07) is 3.97. The highest BCUT2D eigenvalue weighted by molar-refractivity contribution is 5.82. The minimum atomic E-state index is 0.137. The van der Waals surface area contributed by atoms with E-state index in [9.17, 15) is 4.79 Å². The molecule has 1 spiro atoms. The maximum Gasteiger partial charge on any atom is 0.223 e. The van der Waals surface area contributed by atoms with Crippen LogP contribution in [0, 0.1) is 11.3 Å². The summed E-state index contributed by atoms with van der Waals surface area (Å²) in [7, 11) is 0. The van der Waals surface area contributed by atoms with E-state index in [2.05, 4.69) is 10.6 Å². The van der Waals surface area contributed by atoms with E-state index in [0.29, 0.717) is 5.41 Å². The number of carbonyl (C=O) groups is 1. The second-order valence-corrected chi connectivity index (χ2v) is 6.06. The fraction of sp³-hybridized carbons (Fsp3) is 0.667. The number of carbonyl (C=O) groups excluding carboxylic acids is 1. The molecule has 1 amide bonds. The zero-order valence-corrected chi connectivity index (χ0v) is 11.4. The lowest BCUT2D eigenvalue weighted by atomic mass is 9.91. The Hall–Kier alpha value is -1.29. The van der Waals surface area contributed by atoms with Crippen molar-refractivity contribution in [1.29, 1.82) is 0 Å². The Balaban J connectivity index is 1.49. The molecule has 3 rings (SSSR count). The molecule has 2 aliphatic rings. The molecule has 1 aliphatic carbocycles. The molecule has 4 heteroatoms. The lowest BCUT2D eigenvalue weighted by molar-refractivity contribution is -0.123. The molecule has 1 saturated carbocycles. The Kier molecular flexibility index (Phi) is 3.35. The minimum absolute atomic E-state index is 0.137. The molecule has 4 nitrogen and oxygen atoms in total. The van der Waals surface area contributed by atoms with Crippen LogP contribution in [0.5, 0.6) is 0 Å². The van der Waals surface area contributed by atoms with E-state index >= 15 is 0 Å². The Morgan fingerprint density at radius 2 is 2.37 bits per heavy atom. The molecule has 104 valence electrons. The third-order valence-corrected chi connectivity index (χ3v) is 4.58. The third kappa shape index (κ3) is 2.68. The molecule has 2 unspecified atom stereocenters. The third-order valence-electron chi connectivity index (χ3n) is 4.58. The summed E-state index contributed by atoms with van der Waals surface area (Å²) < 4.78 is 5.31. The molecule has 19 heavy (non-hydrogen) atoms. The summed E-state index contributed by atoms with van der Waals surface area (Å²) in [4.78, 5) is 12.3. The Bertz CT molecular complexity index is 435. The molecule has 0 aromatic carbocycles. The van der Waals surface area contributed by atoms with Crippen LogP contribution in [-0.4, -0.2) is 25.0 Å². The summed E-state index contributed by atoms with van der Waals surface area (Å²) in [5.41, 5.74) is 0.319. The van der Waals surface area contributed by atoms with Crippen molar-refractivity contribution >= 4 is 5.91 Å². The molecular weight excluding hydrogens is 240 g/mol. The highest BCUT2D eigenvalue weighted by Gasteiger charge is 2.57. The van der Waals surface area contributed by atoms with Crippen LogP contribution in [0.1, 0.15) is 31.9 Å². The van der Waals surface area contributed by atoms with Crippen LogP contribution in [0.25, 0.3) is 0 Å². The Labute approximate surface area is 113 Å². The zero-order chi connectivity index (χ0) is 13.3. The van der Waals surface area contributed by atoms with Crippen LogP contribution < -0.4 is 10.6 Å². The summed E-state index contributed by atoms with van der Waals surface area (Å²) in [5.74, 6) is 1.41. The molecule has 0 radical (unpaired) electrons. The van der Waals surface area contributed by atoms with Crippen LogP contribution in [-0.2, 0) is 11.2 Å². The van der Waals surface area contributed by atoms with E-state index < -0.39 is 0 Å². The molecule has 1 aromatic rings. The van der Waals surface area contributed by atoms with Crippen molar-refractivity contribution in [2.75, 3.05) is 13.1 Å². The van der Waals surface area contributed by atoms with Crippen molar-refractivity contribution in [3.8, 4) is 0 Å². The first-order chi connectivity index (χ1) is 9.20. The van der Waals surface area contributed by atoms with E-state index in [4.69, 9.17) is 4.42 Å². The van der Waals surface area contributed by atoms with Crippen LogP contribution in [0.3, 0.4) is 0 Å². The molecule has 2 atom stereocenters. The Morgan fingerprint density at radius 1 is 1.58 bits per heavy atom. The van der Waals surface area contributed by atoms with Crippen molar-refractivity contribution in [2.45, 2.75) is 38.6 Å². The van der Waals surface area contributed by atoms with Crippen molar-refractivity contribution in [3.05, 3.63) is 24.2 Å². The lowest BCUT2D eigenvalue weighted by Crippen LogP contribution is -2.38. The summed E-state index contributed by atoms with van der Waals surface area (Å²) >= 11 is 0. The van der Waals surface area contributed by atoms with E-state index in [1.165, 1.54) is 0 Å². The predicted molar refractivity (Wildman–Crippen MR) is 72.7 cm³/mol. The van der Waals surface area contributed by atoms with Gasteiger partial charge in [-0.1, -0.05) is 0 Å². The van der Waals surface area contributed by atoms with E-state index in [1.54, 1.807) is 6.26 Å². The van der Waals surface area contributed by atoms with E-state index in [-0.39, 0.29) is 17.9 Å². The highest BCUT2D eigenvalue weighted by atomic mass is 16.3. The number of furan rings is 1. The molecule has 0 bridgehead atoms. The second-order valence-electron chi connectivity index (χ2n) is 6.06. The minimum Gasteiger partial charge on any atom is -0.469 e. The predicted octanol–water partition coefficient (Wildman–Crippen LogP) is 1.72. The number of nitrogens with one attached hydrogen (secondary N) is 2. The number of amides is 1. The van der Waals surface area contributed by atoms with Gasteiger partial charge in [0.2, 0.25) is 5.91 Å². The highest BCUT2D eigenvalue weighted by Crippen LogP contribution is 2.58. The largest absolute Gasteiger partial charge is 0.469 e. The van der Waals surface area contributed by atoms with Crippen molar-refractivity contribution < 1.29 is 9.21 Å². The maximum atomic E-state index is 12.3. The van der Waals surface area contributed by atoms with E-state index in [0.717, 1.165) is 44.5 Å². The molecule has 2 heterocycles. The van der Waals surface area contributed by atoms with Gasteiger partial charge in [-0.3, -0.25) is 4.79 Å². The number of hydrogen-bond acceptors (Lipinski definition) is 3. The van der Waals surface area contributed by atoms with Crippen LogP contribution in [0.15, 0.2) is 22.8 Å². The van der Waals surface area contributed by atoms with Crippen molar-refractivity contribution in [1.82, 2.24) is 10.6 Å². The van der Waals surface area contributed by atoms with Gasteiger partial charge in [0, 0.05) is 18.4 Å². The van der Waals surface area contributed by atoms with Crippen molar-refractivity contribution in [3.63, 3.8) is 0 Å². The van der Waals surface area contributed by atoms with Gasteiger partial charge in [0.25, 0.3) is 0 Å². The molecule has 1 saturated heterocycles. The van der Waals surface area contributed by atoms with Crippen LogP contribution in [0.2, 0.25) is 0 Å². The average Bonchev–Trinajstić information content (AvgIpc) is 2.84. The standard InChI is InChI=1S/C15H22N2O2/c1-11(9-12-3-2-8-19-12)17-14(18)13-10-15(13)4-6-16-7-5-15/h2-3,8,11,13,16H,4-7,9-10H2,1H3,(H,17,18). The van der Waals surface area contributed by atoms with Crippen molar-refractivity contribution in [2.24, 2.45) is 11.3 Å². The maximum absolute atomic E-state index is 12.3. The topological polar surface area (TPSA) is 54.3 Å². The molecule has 1 aliphatic heterocycles. The Morgan fingerprint density at radius 3 is 3.05 bits per heavy atom. The van der Waals surface area contributed by atoms with Gasteiger partial charge >= 0.3 is 0 Å². The normalized spacial score (nSPS) is 26.1. The smallest absolute Gasteiger partial charge is 0.223 e. The lowest BCUT2D eigenvalue weighted by Gasteiger charge is -2.23. The fourth-order valence-electron chi connectivity index (χ4n) is 3.32. The monoisotopic (exact) mass is 262 g/mol. The number of rotatable bonds is 4.